The molecule has 0 N–H and O–H groups in total. The third-order valence-electron chi connectivity index (χ3n) is 5.63. The monoisotopic (exact) mass is 405 g/mol. The standard InChI is InChI=1S/C23H23N3O2S/c1-14-13-26-22(21(25-23(26)29-14)18-6-4-5-11-24-18)20-17-12-16(27-2)9-7-15(17)8-10-19(20)28-3/h4-12,14,21-22H,13H2,1-3H3/t14-,21-,22-/m0/s1. The SMILES string of the molecule is COc1ccc2ccc(OC)c([C@H]3[C@H](c4ccccn4)N=C4S[C@@H](C)CN43)c2c1. The molecule has 3 atom stereocenters. The Labute approximate surface area is 174 Å². The molecule has 2 aliphatic rings. The normalized spacial score (nSPS) is 23.2. The van der Waals surface area contributed by atoms with Crippen molar-refractivity contribution in [3.05, 3.63) is 66.0 Å². The molecular formula is C23H23N3O2S. The van der Waals surface area contributed by atoms with E-state index in [0.29, 0.717) is 5.25 Å². The Morgan fingerprint density at radius 1 is 1.07 bits per heavy atom. The number of aliphatic imine (C=N–C) groups is 1. The molecule has 0 saturated carbocycles. The van der Waals surface area contributed by atoms with Crippen molar-refractivity contribution >= 4 is 27.7 Å². The van der Waals surface area contributed by atoms with Crippen molar-refractivity contribution in [2.45, 2.75) is 24.3 Å². The molecule has 2 aromatic carbocycles. The van der Waals surface area contributed by atoms with Crippen molar-refractivity contribution < 1.29 is 9.47 Å². The van der Waals surface area contributed by atoms with Crippen molar-refractivity contribution in [2.75, 3.05) is 20.8 Å². The quantitative estimate of drug-likeness (QED) is 0.621. The molecule has 0 unspecified atom stereocenters. The van der Waals surface area contributed by atoms with Crippen molar-refractivity contribution in [3.63, 3.8) is 0 Å². The Kier molecular flexibility index (Phi) is 4.59. The summed E-state index contributed by atoms with van der Waals surface area (Å²) in [7, 11) is 3.44. The van der Waals surface area contributed by atoms with Gasteiger partial charge in [-0.05, 0) is 41.1 Å². The number of benzene rings is 2. The van der Waals surface area contributed by atoms with Crippen molar-refractivity contribution in [2.24, 2.45) is 4.99 Å². The second kappa shape index (κ2) is 7.26. The lowest BCUT2D eigenvalue weighted by molar-refractivity contribution is 0.310. The summed E-state index contributed by atoms with van der Waals surface area (Å²) in [4.78, 5) is 12.2. The Morgan fingerprint density at radius 3 is 2.69 bits per heavy atom. The molecule has 1 saturated heterocycles. The number of methoxy groups -OCH3 is 2. The first kappa shape index (κ1) is 18.3. The van der Waals surface area contributed by atoms with E-state index < -0.39 is 0 Å². The lowest BCUT2D eigenvalue weighted by Gasteiger charge is -2.29. The van der Waals surface area contributed by atoms with E-state index >= 15 is 0 Å². The number of nitrogens with zero attached hydrogens (tertiary/aromatic N) is 3. The molecule has 0 aliphatic carbocycles. The van der Waals surface area contributed by atoms with Crippen LogP contribution in [0.5, 0.6) is 11.5 Å². The van der Waals surface area contributed by atoms with Gasteiger partial charge in [0.25, 0.3) is 0 Å². The first-order valence-electron chi connectivity index (χ1n) is 9.76. The number of ether oxygens (including phenoxy) is 2. The van der Waals surface area contributed by atoms with Crippen molar-refractivity contribution in [3.8, 4) is 11.5 Å². The number of hydrogen-bond acceptors (Lipinski definition) is 6. The minimum Gasteiger partial charge on any atom is -0.497 e. The third kappa shape index (κ3) is 3.02. The summed E-state index contributed by atoms with van der Waals surface area (Å²) >= 11 is 1.84. The van der Waals surface area contributed by atoms with Crippen LogP contribution in [0, 0.1) is 0 Å². The Bertz CT molecular complexity index is 1080. The zero-order chi connectivity index (χ0) is 20.0. The molecule has 148 valence electrons. The topological polar surface area (TPSA) is 47.0 Å². The first-order valence-corrected chi connectivity index (χ1v) is 10.6. The van der Waals surface area contributed by atoms with Crippen LogP contribution in [0.1, 0.15) is 30.3 Å². The highest BCUT2D eigenvalue weighted by molar-refractivity contribution is 8.14. The second-order valence-electron chi connectivity index (χ2n) is 7.41. The molecule has 0 spiro atoms. The van der Waals surface area contributed by atoms with Crippen LogP contribution in [-0.4, -0.2) is 41.1 Å². The van der Waals surface area contributed by atoms with Crippen LogP contribution in [-0.2, 0) is 0 Å². The van der Waals surface area contributed by atoms with Crippen molar-refractivity contribution in [1.29, 1.82) is 0 Å². The van der Waals surface area contributed by atoms with E-state index in [1.807, 2.05) is 36.2 Å². The lowest BCUT2D eigenvalue weighted by atomic mass is 9.91. The van der Waals surface area contributed by atoms with E-state index in [-0.39, 0.29) is 12.1 Å². The van der Waals surface area contributed by atoms with Gasteiger partial charge in [-0.15, -0.1) is 0 Å². The highest BCUT2D eigenvalue weighted by Gasteiger charge is 2.45. The van der Waals surface area contributed by atoms with Crippen LogP contribution >= 0.6 is 11.8 Å². The van der Waals surface area contributed by atoms with Gasteiger partial charge >= 0.3 is 0 Å². The molecule has 2 aliphatic heterocycles. The molecule has 5 nitrogen and oxygen atoms in total. The summed E-state index contributed by atoms with van der Waals surface area (Å²) in [5.41, 5.74) is 2.13. The maximum absolute atomic E-state index is 5.85. The van der Waals surface area contributed by atoms with Crippen LogP contribution in [0.15, 0.2) is 59.7 Å². The van der Waals surface area contributed by atoms with E-state index in [4.69, 9.17) is 14.5 Å². The van der Waals surface area contributed by atoms with Gasteiger partial charge in [0.05, 0.1) is 26.0 Å². The van der Waals surface area contributed by atoms with E-state index in [1.54, 1.807) is 14.2 Å². The predicted octanol–water partition coefficient (Wildman–Crippen LogP) is 4.84. The summed E-state index contributed by atoms with van der Waals surface area (Å²) in [5.74, 6) is 1.71. The van der Waals surface area contributed by atoms with E-state index in [2.05, 4.69) is 47.1 Å². The molecule has 3 aromatic rings. The summed E-state index contributed by atoms with van der Waals surface area (Å²) in [6.07, 6.45) is 1.84. The fourth-order valence-corrected chi connectivity index (χ4v) is 5.43. The number of hydrogen-bond donors (Lipinski definition) is 0. The van der Waals surface area contributed by atoms with Gasteiger partial charge in [-0.3, -0.25) is 9.98 Å². The zero-order valence-corrected chi connectivity index (χ0v) is 17.5. The van der Waals surface area contributed by atoms with E-state index in [0.717, 1.165) is 45.2 Å². The fourth-order valence-electron chi connectivity index (χ4n) is 4.34. The first-order chi connectivity index (χ1) is 14.2. The molecule has 0 amide bonds. The molecule has 1 aromatic heterocycles. The highest BCUT2D eigenvalue weighted by Crippen LogP contribution is 2.51. The second-order valence-corrected chi connectivity index (χ2v) is 8.81. The van der Waals surface area contributed by atoms with Gasteiger partial charge in [0.2, 0.25) is 0 Å². The van der Waals surface area contributed by atoms with E-state index in [1.165, 1.54) is 0 Å². The maximum atomic E-state index is 5.85. The van der Waals surface area contributed by atoms with Crippen LogP contribution in [0.25, 0.3) is 10.8 Å². The van der Waals surface area contributed by atoms with Crippen molar-refractivity contribution in [1.82, 2.24) is 9.88 Å². The summed E-state index contributed by atoms with van der Waals surface area (Å²) in [5, 5.41) is 3.90. The number of rotatable bonds is 4. The van der Waals surface area contributed by atoms with Crippen LogP contribution in [0.4, 0.5) is 0 Å². The highest BCUT2D eigenvalue weighted by atomic mass is 32.2. The average molecular weight is 406 g/mol. The van der Waals surface area contributed by atoms with Gasteiger partial charge in [0.15, 0.2) is 5.17 Å². The Morgan fingerprint density at radius 2 is 1.93 bits per heavy atom. The Balaban J connectivity index is 1.74. The average Bonchev–Trinajstić information content (AvgIpc) is 3.29. The molecule has 0 bridgehead atoms. The smallest absolute Gasteiger partial charge is 0.160 e. The number of aromatic nitrogens is 1. The molecule has 1 fully saturated rings. The molecule has 29 heavy (non-hydrogen) atoms. The van der Waals surface area contributed by atoms with Gasteiger partial charge in [-0.2, -0.15) is 0 Å². The van der Waals surface area contributed by atoms with Crippen LogP contribution < -0.4 is 9.47 Å². The van der Waals surface area contributed by atoms with Crippen LogP contribution in [0.3, 0.4) is 0 Å². The Hall–Kier alpha value is -2.73. The van der Waals surface area contributed by atoms with E-state index in [9.17, 15) is 0 Å². The van der Waals surface area contributed by atoms with Gasteiger partial charge in [-0.25, -0.2) is 0 Å². The molecule has 0 radical (unpaired) electrons. The molecule has 3 heterocycles. The van der Waals surface area contributed by atoms with Gasteiger partial charge in [0.1, 0.15) is 17.5 Å². The minimum absolute atomic E-state index is 0.0307. The summed E-state index contributed by atoms with van der Waals surface area (Å²) in [6, 6.07) is 16.4. The van der Waals surface area contributed by atoms with Gasteiger partial charge < -0.3 is 14.4 Å². The number of fused-ring (bicyclic) bond motifs is 2. The zero-order valence-electron chi connectivity index (χ0n) is 16.7. The largest absolute Gasteiger partial charge is 0.497 e. The number of thioether (sulfide) groups is 1. The minimum atomic E-state index is -0.0723. The lowest BCUT2D eigenvalue weighted by Crippen LogP contribution is -2.29. The maximum Gasteiger partial charge on any atom is 0.160 e. The molecule has 5 rings (SSSR count). The van der Waals surface area contributed by atoms with Gasteiger partial charge in [-0.1, -0.05) is 36.9 Å². The third-order valence-corrected chi connectivity index (χ3v) is 6.73. The summed E-state index contributed by atoms with van der Waals surface area (Å²) in [6.45, 7) is 3.21. The summed E-state index contributed by atoms with van der Waals surface area (Å²) < 4.78 is 11.4. The van der Waals surface area contributed by atoms with Gasteiger partial charge in [0, 0.05) is 23.6 Å². The predicted molar refractivity (Wildman–Crippen MR) is 118 cm³/mol. The van der Waals surface area contributed by atoms with Crippen LogP contribution in [0.2, 0.25) is 0 Å². The number of amidine groups is 1. The number of pyridine rings is 1. The molecule has 6 heteroatoms. The fraction of sp³-hybridized carbons (Fsp3) is 0.304. The molecular weight excluding hydrogens is 382 g/mol.